The minimum atomic E-state index is -0.0340. The molecule has 5 nitrogen and oxygen atoms in total. The van der Waals surface area contributed by atoms with Gasteiger partial charge in [-0.05, 0) is 44.4 Å². The number of hydrogen-bond acceptors (Lipinski definition) is 3. The van der Waals surface area contributed by atoms with Crippen molar-refractivity contribution in [3.63, 3.8) is 0 Å². The second kappa shape index (κ2) is 4.66. The van der Waals surface area contributed by atoms with Gasteiger partial charge in [0.15, 0.2) is 0 Å². The number of imidazole rings is 1. The van der Waals surface area contributed by atoms with Crippen LogP contribution in [-0.2, 0) is 0 Å². The molecule has 2 unspecified atom stereocenters. The second-order valence-corrected chi connectivity index (χ2v) is 5.30. The number of carbonyl (C=O) groups is 1. The smallest absolute Gasteiger partial charge is 0.251 e. The maximum atomic E-state index is 12.2. The van der Waals surface area contributed by atoms with E-state index in [9.17, 15) is 4.79 Å². The summed E-state index contributed by atoms with van der Waals surface area (Å²) in [5, 5.41) is 3.04. The summed E-state index contributed by atoms with van der Waals surface area (Å²) >= 11 is 0. The molecule has 0 bridgehead atoms. The third kappa shape index (κ3) is 2.46. The van der Waals surface area contributed by atoms with Gasteiger partial charge in [-0.25, -0.2) is 4.98 Å². The first-order valence-electron chi connectivity index (χ1n) is 6.64. The number of aromatic amines is 1. The van der Waals surface area contributed by atoms with E-state index in [0.29, 0.717) is 5.56 Å². The van der Waals surface area contributed by atoms with Gasteiger partial charge in [0.1, 0.15) is 5.82 Å². The number of aryl methyl sites for hydroxylation is 1. The summed E-state index contributed by atoms with van der Waals surface area (Å²) in [5.41, 5.74) is 8.30. The van der Waals surface area contributed by atoms with E-state index in [1.165, 1.54) is 0 Å². The van der Waals surface area contributed by atoms with Crippen molar-refractivity contribution >= 4 is 16.9 Å². The van der Waals surface area contributed by atoms with Crippen LogP contribution in [0.3, 0.4) is 0 Å². The molecular weight excluding hydrogens is 240 g/mol. The Bertz CT molecular complexity index is 619. The Balaban J connectivity index is 1.77. The number of H-pyrrole nitrogens is 1. The lowest BCUT2D eigenvalue weighted by Gasteiger charge is -2.12. The molecule has 5 heteroatoms. The number of nitrogens with two attached hydrogens (primary N) is 1. The summed E-state index contributed by atoms with van der Waals surface area (Å²) in [6.45, 7) is 1.90. The normalized spacial score (nSPS) is 22.8. The lowest BCUT2D eigenvalue weighted by molar-refractivity contribution is 0.0938. The fourth-order valence-corrected chi connectivity index (χ4v) is 2.69. The maximum absolute atomic E-state index is 12.2. The Morgan fingerprint density at radius 2 is 2.32 bits per heavy atom. The zero-order valence-corrected chi connectivity index (χ0v) is 10.9. The molecule has 2 aromatic rings. The van der Waals surface area contributed by atoms with Crippen LogP contribution in [0, 0.1) is 6.92 Å². The van der Waals surface area contributed by atoms with Crippen LogP contribution < -0.4 is 11.1 Å². The molecule has 100 valence electrons. The molecule has 0 spiro atoms. The third-order valence-corrected chi connectivity index (χ3v) is 3.67. The Morgan fingerprint density at radius 3 is 3.05 bits per heavy atom. The van der Waals surface area contributed by atoms with Crippen LogP contribution in [0.4, 0.5) is 0 Å². The van der Waals surface area contributed by atoms with Gasteiger partial charge in [0.25, 0.3) is 5.91 Å². The molecule has 0 saturated heterocycles. The van der Waals surface area contributed by atoms with E-state index in [4.69, 9.17) is 5.73 Å². The molecule has 4 N–H and O–H groups in total. The lowest BCUT2D eigenvalue weighted by Crippen LogP contribution is -2.34. The number of benzene rings is 1. The van der Waals surface area contributed by atoms with Gasteiger partial charge < -0.3 is 16.0 Å². The second-order valence-electron chi connectivity index (χ2n) is 5.30. The lowest BCUT2D eigenvalue weighted by atomic mass is 10.1. The Labute approximate surface area is 111 Å². The zero-order chi connectivity index (χ0) is 13.4. The van der Waals surface area contributed by atoms with Crippen molar-refractivity contribution in [1.29, 1.82) is 0 Å². The molecule has 3 rings (SSSR count). The Kier molecular flexibility index (Phi) is 2.98. The molecule has 1 aliphatic rings. The van der Waals surface area contributed by atoms with Crippen LogP contribution in [0.1, 0.15) is 35.4 Å². The van der Waals surface area contributed by atoms with Crippen molar-refractivity contribution in [1.82, 2.24) is 15.3 Å². The summed E-state index contributed by atoms with van der Waals surface area (Å²) in [6, 6.07) is 5.96. The van der Waals surface area contributed by atoms with E-state index in [-0.39, 0.29) is 18.0 Å². The molecule has 0 aliphatic heterocycles. The van der Waals surface area contributed by atoms with Crippen molar-refractivity contribution in [2.75, 3.05) is 0 Å². The van der Waals surface area contributed by atoms with Gasteiger partial charge in [0, 0.05) is 17.6 Å². The number of fused-ring (bicyclic) bond motifs is 1. The molecular formula is C14H18N4O. The molecule has 1 aliphatic carbocycles. The van der Waals surface area contributed by atoms with Crippen molar-refractivity contribution in [3.8, 4) is 0 Å². The quantitative estimate of drug-likeness (QED) is 0.763. The number of hydrogen-bond donors (Lipinski definition) is 3. The predicted molar refractivity (Wildman–Crippen MR) is 73.9 cm³/mol. The van der Waals surface area contributed by atoms with E-state index in [0.717, 1.165) is 36.1 Å². The molecule has 1 amide bonds. The fraction of sp³-hybridized carbons (Fsp3) is 0.429. The number of amides is 1. The molecule has 1 fully saturated rings. The summed E-state index contributed by atoms with van der Waals surface area (Å²) in [4.78, 5) is 19.6. The third-order valence-electron chi connectivity index (χ3n) is 3.67. The molecule has 0 radical (unpaired) electrons. The first kappa shape index (κ1) is 12.2. The standard InChI is InChI=1S/C14H18N4O/c1-8-16-12-5-2-9(6-13(12)17-8)14(19)18-11-4-3-10(15)7-11/h2,5-6,10-11H,3-4,7,15H2,1H3,(H,16,17)(H,18,19). The summed E-state index contributed by atoms with van der Waals surface area (Å²) < 4.78 is 0. The average Bonchev–Trinajstić information content (AvgIpc) is 2.93. The minimum Gasteiger partial charge on any atom is -0.349 e. The van der Waals surface area contributed by atoms with Crippen molar-refractivity contribution in [2.45, 2.75) is 38.3 Å². The zero-order valence-electron chi connectivity index (χ0n) is 10.9. The first-order chi connectivity index (χ1) is 9.11. The van der Waals surface area contributed by atoms with Crippen LogP contribution >= 0.6 is 0 Å². The highest BCUT2D eigenvalue weighted by atomic mass is 16.1. The summed E-state index contributed by atoms with van der Waals surface area (Å²) in [5.74, 6) is 0.822. The van der Waals surface area contributed by atoms with Crippen molar-refractivity contribution in [3.05, 3.63) is 29.6 Å². The van der Waals surface area contributed by atoms with Crippen molar-refractivity contribution < 1.29 is 4.79 Å². The largest absolute Gasteiger partial charge is 0.349 e. The number of nitrogens with zero attached hydrogens (tertiary/aromatic N) is 1. The van der Waals surface area contributed by atoms with Crippen LogP contribution in [0.2, 0.25) is 0 Å². The number of nitrogens with one attached hydrogen (secondary N) is 2. The van der Waals surface area contributed by atoms with Crippen LogP contribution in [-0.4, -0.2) is 28.0 Å². The molecule has 1 aromatic heterocycles. The van der Waals surface area contributed by atoms with E-state index in [1.807, 2.05) is 25.1 Å². The highest BCUT2D eigenvalue weighted by molar-refractivity contribution is 5.97. The van der Waals surface area contributed by atoms with Gasteiger partial charge >= 0.3 is 0 Å². The maximum Gasteiger partial charge on any atom is 0.251 e. The number of carbonyl (C=O) groups excluding carboxylic acids is 1. The van der Waals surface area contributed by atoms with Crippen LogP contribution in [0.5, 0.6) is 0 Å². The molecule has 1 saturated carbocycles. The van der Waals surface area contributed by atoms with Crippen LogP contribution in [0.15, 0.2) is 18.2 Å². The topological polar surface area (TPSA) is 83.8 Å². The SMILES string of the molecule is Cc1nc2ccc(C(=O)NC3CCC(N)C3)cc2[nH]1. The monoisotopic (exact) mass is 258 g/mol. The fourth-order valence-electron chi connectivity index (χ4n) is 2.69. The molecule has 1 heterocycles. The predicted octanol–water partition coefficient (Wildman–Crippen LogP) is 1.48. The molecule has 1 aromatic carbocycles. The van der Waals surface area contributed by atoms with Crippen LogP contribution in [0.25, 0.3) is 11.0 Å². The van der Waals surface area contributed by atoms with E-state index in [1.54, 1.807) is 0 Å². The number of rotatable bonds is 2. The molecule has 19 heavy (non-hydrogen) atoms. The highest BCUT2D eigenvalue weighted by Gasteiger charge is 2.23. The van der Waals surface area contributed by atoms with E-state index in [2.05, 4.69) is 15.3 Å². The van der Waals surface area contributed by atoms with Crippen molar-refractivity contribution in [2.24, 2.45) is 5.73 Å². The summed E-state index contributed by atoms with van der Waals surface area (Å²) in [6.07, 6.45) is 2.83. The minimum absolute atomic E-state index is 0.0340. The van der Waals surface area contributed by atoms with Gasteiger partial charge in [-0.3, -0.25) is 4.79 Å². The van der Waals surface area contributed by atoms with Gasteiger partial charge in [-0.15, -0.1) is 0 Å². The Hall–Kier alpha value is -1.88. The van der Waals surface area contributed by atoms with Gasteiger partial charge in [0.05, 0.1) is 11.0 Å². The van der Waals surface area contributed by atoms with Gasteiger partial charge in [-0.2, -0.15) is 0 Å². The van der Waals surface area contributed by atoms with E-state index < -0.39 is 0 Å². The Morgan fingerprint density at radius 1 is 1.47 bits per heavy atom. The van der Waals surface area contributed by atoms with Gasteiger partial charge in [0.2, 0.25) is 0 Å². The average molecular weight is 258 g/mol. The van der Waals surface area contributed by atoms with E-state index >= 15 is 0 Å². The summed E-state index contributed by atoms with van der Waals surface area (Å²) in [7, 11) is 0. The first-order valence-corrected chi connectivity index (χ1v) is 6.64. The highest BCUT2D eigenvalue weighted by Crippen LogP contribution is 2.18. The number of aromatic nitrogens is 2. The van der Waals surface area contributed by atoms with Gasteiger partial charge in [-0.1, -0.05) is 0 Å². The molecule has 2 atom stereocenters.